The summed E-state index contributed by atoms with van der Waals surface area (Å²) in [6.07, 6.45) is 1.71. The third kappa shape index (κ3) is 2.52. The fourth-order valence-corrected chi connectivity index (χ4v) is 1.54. The molecule has 1 unspecified atom stereocenters. The van der Waals surface area contributed by atoms with Crippen LogP contribution in [0.2, 0.25) is 0 Å². The lowest BCUT2D eigenvalue weighted by molar-refractivity contribution is 0.274. The van der Waals surface area contributed by atoms with E-state index >= 15 is 0 Å². The van der Waals surface area contributed by atoms with Crippen molar-refractivity contribution in [2.75, 3.05) is 17.6 Å². The standard InChI is InChI=1S/C12H20N6/c1-7(12(2,3)4)5-14-9-8-6-15-18-10(8)17-11(13)16-9/h6-7H,5H2,1-4H3,(H4,13,14,15,16,17,18). The van der Waals surface area contributed by atoms with Crippen LogP contribution in [0, 0.1) is 11.3 Å². The van der Waals surface area contributed by atoms with Crippen molar-refractivity contribution in [3.63, 3.8) is 0 Å². The maximum absolute atomic E-state index is 5.67. The normalized spacial score (nSPS) is 13.8. The molecule has 0 aromatic carbocycles. The topological polar surface area (TPSA) is 92.5 Å². The number of anilines is 2. The average Bonchev–Trinajstić information content (AvgIpc) is 2.71. The van der Waals surface area contributed by atoms with E-state index in [4.69, 9.17) is 5.73 Å². The third-order valence-electron chi connectivity index (χ3n) is 3.38. The Kier molecular flexibility index (Phi) is 3.11. The molecular weight excluding hydrogens is 228 g/mol. The van der Waals surface area contributed by atoms with Crippen molar-refractivity contribution in [3.8, 4) is 0 Å². The highest BCUT2D eigenvalue weighted by atomic mass is 15.2. The van der Waals surface area contributed by atoms with Crippen molar-refractivity contribution in [1.29, 1.82) is 0 Å². The summed E-state index contributed by atoms with van der Waals surface area (Å²) in [6, 6.07) is 0. The number of aromatic nitrogens is 4. The van der Waals surface area contributed by atoms with Crippen LogP contribution in [-0.2, 0) is 0 Å². The molecule has 4 N–H and O–H groups in total. The first-order chi connectivity index (χ1) is 8.38. The SMILES string of the molecule is CC(CNc1nc(N)nc2[nH]ncc12)C(C)(C)C. The fourth-order valence-electron chi connectivity index (χ4n) is 1.54. The van der Waals surface area contributed by atoms with Gasteiger partial charge in [-0.15, -0.1) is 0 Å². The molecule has 6 heteroatoms. The highest BCUT2D eigenvalue weighted by Crippen LogP contribution is 2.26. The second-order valence-electron chi connectivity index (χ2n) is 5.71. The van der Waals surface area contributed by atoms with Crippen LogP contribution >= 0.6 is 0 Å². The predicted molar refractivity (Wildman–Crippen MR) is 73.2 cm³/mol. The first-order valence-corrected chi connectivity index (χ1v) is 6.08. The molecule has 0 aliphatic rings. The van der Waals surface area contributed by atoms with Crippen LogP contribution in [0.1, 0.15) is 27.7 Å². The van der Waals surface area contributed by atoms with E-state index in [1.807, 2.05) is 0 Å². The number of rotatable bonds is 3. The summed E-state index contributed by atoms with van der Waals surface area (Å²) in [5.41, 5.74) is 6.58. The summed E-state index contributed by atoms with van der Waals surface area (Å²) in [6.45, 7) is 9.72. The van der Waals surface area contributed by atoms with Gasteiger partial charge in [-0.2, -0.15) is 15.1 Å². The van der Waals surface area contributed by atoms with E-state index in [1.165, 1.54) is 0 Å². The Morgan fingerprint density at radius 1 is 1.39 bits per heavy atom. The van der Waals surface area contributed by atoms with Gasteiger partial charge < -0.3 is 11.1 Å². The summed E-state index contributed by atoms with van der Waals surface area (Å²) in [4.78, 5) is 8.30. The Morgan fingerprint density at radius 2 is 2.11 bits per heavy atom. The van der Waals surface area contributed by atoms with Crippen LogP contribution in [0.15, 0.2) is 6.20 Å². The van der Waals surface area contributed by atoms with Crippen molar-refractivity contribution in [1.82, 2.24) is 20.2 Å². The fraction of sp³-hybridized carbons (Fsp3) is 0.583. The lowest BCUT2D eigenvalue weighted by Gasteiger charge is -2.27. The molecule has 6 nitrogen and oxygen atoms in total. The molecule has 0 saturated heterocycles. The van der Waals surface area contributed by atoms with Crippen molar-refractivity contribution in [2.45, 2.75) is 27.7 Å². The van der Waals surface area contributed by atoms with E-state index in [0.29, 0.717) is 11.6 Å². The molecule has 18 heavy (non-hydrogen) atoms. The van der Waals surface area contributed by atoms with Crippen LogP contribution < -0.4 is 11.1 Å². The molecule has 2 rings (SSSR count). The number of nitrogens with two attached hydrogens (primary N) is 1. The quantitative estimate of drug-likeness (QED) is 0.773. The van der Waals surface area contributed by atoms with Gasteiger partial charge in [-0.05, 0) is 11.3 Å². The predicted octanol–water partition coefficient (Wildman–Crippen LogP) is 2.03. The Balaban J connectivity index is 2.19. The number of fused-ring (bicyclic) bond motifs is 1. The average molecular weight is 248 g/mol. The minimum Gasteiger partial charge on any atom is -0.369 e. The zero-order valence-corrected chi connectivity index (χ0v) is 11.3. The Labute approximate surface area is 106 Å². The largest absolute Gasteiger partial charge is 0.369 e. The molecule has 0 spiro atoms. The van der Waals surface area contributed by atoms with Crippen molar-refractivity contribution in [3.05, 3.63) is 6.20 Å². The smallest absolute Gasteiger partial charge is 0.224 e. The van der Waals surface area contributed by atoms with E-state index < -0.39 is 0 Å². The van der Waals surface area contributed by atoms with E-state index in [2.05, 4.69) is 53.2 Å². The van der Waals surface area contributed by atoms with Gasteiger partial charge in [-0.3, -0.25) is 5.10 Å². The van der Waals surface area contributed by atoms with Crippen molar-refractivity contribution >= 4 is 22.8 Å². The molecule has 0 bridgehead atoms. The van der Waals surface area contributed by atoms with Crippen molar-refractivity contribution in [2.24, 2.45) is 11.3 Å². The van der Waals surface area contributed by atoms with E-state index in [1.54, 1.807) is 6.20 Å². The third-order valence-corrected chi connectivity index (χ3v) is 3.38. The lowest BCUT2D eigenvalue weighted by Crippen LogP contribution is -2.25. The summed E-state index contributed by atoms with van der Waals surface area (Å²) in [7, 11) is 0. The number of hydrogen-bond acceptors (Lipinski definition) is 5. The number of nitrogens with one attached hydrogen (secondary N) is 2. The monoisotopic (exact) mass is 248 g/mol. The maximum atomic E-state index is 5.67. The van der Waals surface area contributed by atoms with Crippen LogP contribution in [0.4, 0.5) is 11.8 Å². The lowest BCUT2D eigenvalue weighted by atomic mass is 9.82. The molecule has 98 valence electrons. The minimum atomic E-state index is 0.248. The van der Waals surface area contributed by atoms with Crippen LogP contribution in [0.25, 0.3) is 11.0 Å². The number of nitrogens with zero attached hydrogens (tertiary/aromatic N) is 3. The molecule has 0 amide bonds. The summed E-state index contributed by atoms with van der Waals surface area (Å²) in [5, 5.41) is 10.9. The minimum absolute atomic E-state index is 0.248. The second-order valence-corrected chi connectivity index (χ2v) is 5.71. The van der Waals surface area contributed by atoms with Gasteiger partial charge in [0.1, 0.15) is 5.82 Å². The molecule has 2 aromatic rings. The second kappa shape index (κ2) is 4.44. The molecule has 0 aliphatic heterocycles. The highest BCUT2D eigenvalue weighted by Gasteiger charge is 2.20. The highest BCUT2D eigenvalue weighted by molar-refractivity contribution is 5.86. The van der Waals surface area contributed by atoms with Crippen LogP contribution in [-0.4, -0.2) is 26.7 Å². The van der Waals surface area contributed by atoms with Gasteiger partial charge in [-0.1, -0.05) is 27.7 Å². The Bertz CT molecular complexity index is 539. The Morgan fingerprint density at radius 3 is 2.78 bits per heavy atom. The van der Waals surface area contributed by atoms with Gasteiger partial charge in [0, 0.05) is 6.54 Å². The van der Waals surface area contributed by atoms with Gasteiger partial charge in [0.15, 0.2) is 5.65 Å². The molecule has 0 saturated carbocycles. The molecule has 0 radical (unpaired) electrons. The number of hydrogen-bond donors (Lipinski definition) is 3. The number of nitrogen functional groups attached to an aromatic ring is 1. The first-order valence-electron chi connectivity index (χ1n) is 6.08. The molecule has 1 atom stereocenters. The number of aromatic amines is 1. The molecule has 2 aromatic heterocycles. The van der Waals surface area contributed by atoms with E-state index in [0.717, 1.165) is 17.7 Å². The van der Waals surface area contributed by atoms with Crippen molar-refractivity contribution < 1.29 is 0 Å². The molecule has 0 fully saturated rings. The van der Waals surface area contributed by atoms with Gasteiger partial charge >= 0.3 is 0 Å². The zero-order chi connectivity index (χ0) is 13.3. The van der Waals surface area contributed by atoms with Crippen LogP contribution in [0.5, 0.6) is 0 Å². The Hall–Kier alpha value is -1.85. The number of H-pyrrole nitrogens is 1. The zero-order valence-electron chi connectivity index (χ0n) is 11.3. The van der Waals surface area contributed by atoms with Gasteiger partial charge in [0.2, 0.25) is 5.95 Å². The van der Waals surface area contributed by atoms with E-state index in [-0.39, 0.29) is 11.4 Å². The summed E-state index contributed by atoms with van der Waals surface area (Å²) in [5.74, 6) is 1.50. The van der Waals surface area contributed by atoms with Crippen LogP contribution in [0.3, 0.4) is 0 Å². The molecule has 0 aliphatic carbocycles. The van der Waals surface area contributed by atoms with Gasteiger partial charge in [-0.25, -0.2) is 0 Å². The first kappa shape index (κ1) is 12.6. The summed E-state index contributed by atoms with van der Waals surface area (Å²) < 4.78 is 0. The van der Waals surface area contributed by atoms with Gasteiger partial charge in [0.25, 0.3) is 0 Å². The molecular formula is C12H20N6. The van der Waals surface area contributed by atoms with E-state index in [9.17, 15) is 0 Å². The summed E-state index contributed by atoms with van der Waals surface area (Å²) >= 11 is 0. The van der Waals surface area contributed by atoms with Gasteiger partial charge in [0.05, 0.1) is 11.6 Å². The molecule has 2 heterocycles. The maximum Gasteiger partial charge on any atom is 0.224 e.